The molecule has 1 spiro atoms. The molecule has 4 rings (SSSR count). The normalized spacial score (nSPS) is 23.7. The highest BCUT2D eigenvalue weighted by atomic mass is 16.2. The van der Waals surface area contributed by atoms with Crippen molar-refractivity contribution >= 4 is 11.7 Å². The van der Waals surface area contributed by atoms with Gasteiger partial charge in [-0.15, -0.1) is 0 Å². The minimum atomic E-state index is -0.766. The number of carbonyl (C=O) groups excluding carboxylic acids is 2. The first-order valence-electron chi connectivity index (χ1n) is 9.67. The third-order valence-electron chi connectivity index (χ3n) is 6.01. The topological polar surface area (TPSA) is 37.4 Å². The van der Waals surface area contributed by atoms with Gasteiger partial charge in [-0.1, -0.05) is 67.1 Å². The number of ketones is 1. The predicted molar refractivity (Wildman–Crippen MR) is 102 cm³/mol. The highest BCUT2D eigenvalue weighted by molar-refractivity contribution is 6.07. The number of rotatable bonds is 3. The number of benzene rings is 2. The van der Waals surface area contributed by atoms with Gasteiger partial charge >= 0.3 is 0 Å². The van der Waals surface area contributed by atoms with Gasteiger partial charge in [0.05, 0.1) is 6.04 Å². The van der Waals surface area contributed by atoms with Gasteiger partial charge in [-0.25, -0.2) is 0 Å². The average molecular weight is 347 g/mol. The first-order valence-corrected chi connectivity index (χ1v) is 9.67. The molecule has 3 nitrogen and oxygen atoms in total. The summed E-state index contributed by atoms with van der Waals surface area (Å²) in [4.78, 5) is 28.4. The van der Waals surface area contributed by atoms with E-state index in [0.29, 0.717) is 13.0 Å². The monoisotopic (exact) mass is 347 g/mol. The third kappa shape index (κ3) is 2.86. The summed E-state index contributed by atoms with van der Waals surface area (Å²) in [5, 5.41) is 0. The quantitative estimate of drug-likeness (QED) is 0.765. The maximum Gasteiger partial charge on any atom is 0.237 e. The molecule has 1 aliphatic heterocycles. The Kier molecular flexibility index (Phi) is 4.62. The summed E-state index contributed by atoms with van der Waals surface area (Å²) in [6.45, 7) is 0.711. The molecule has 0 radical (unpaired) electrons. The van der Waals surface area contributed by atoms with E-state index in [9.17, 15) is 9.59 Å². The Morgan fingerprint density at radius 2 is 1.35 bits per heavy atom. The molecule has 26 heavy (non-hydrogen) atoms. The van der Waals surface area contributed by atoms with Gasteiger partial charge in [-0.3, -0.25) is 9.59 Å². The largest absolute Gasteiger partial charge is 0.331 e. The van der Waals surface area contributed by atoms with Crippen LogP contribution in [-0.4, -0.2) is 23.1 Å². The molecule has 2 fully saturated rings. The number of hydrogen-bond acceptors (Lipinski definition) is 2. The SMILES string of the molecule is O=C1CCCC[C@]12CCCN(C(c1ccccc1)c1ccccc1)C2=O. The fourth-order valence-electron chi connectivity index (χ4n) is 4.69. The fraction of sp³-hybridized carbons (Fsp3) is 0.391. The van der Waals surface area contributed by atoms with Gasteiger partial charge < -0.3 is 4.90 Å². The van der Waals surface area contributed by atoms with Gasteiger partial charge in [0.1, 0.15) is 11.2 Å². The van der Waals surface area contributed by atoms with Gasteiger partial charge in [0, 0.05) is 13.0 Å². The first-order chi connectivity index (χ1) is 12.7. The van der Waals surface area contributed by atoms with Crippen LogP contribution in [0.2, 0.25) is 0 Å². The summed E-state index contributed by atoms with van der Waals surface area (Å²) >= 11 is 0. The summed E-state index contributed by atoms with van der Waals surface area (Å²) in [5.41, 5.74) is 1.44. The number of carbonyl (C=O) groups is 2. The average Bonchev–Trinajstić information content (AvgIpc) is 2.69. The van der Waals surface area contributed by atoms with Crippen LogP contribution in [0.4, 0.5) is 0 Å². The fourth-order valence-corrected chi connectivity index (χ4v) is 4.69. The molecule has 2 aromatic carbocycles. The predicted octanol–water partition coefficient (Wildman–Crippen LogP) is 4.53. The zero-order chi connectivity index (χ0) is 18.0. The van der Waals surface area contributed by atoms with E-state index in [1.807, 2.05) is 41.3 Å². The van der Waals surface area contributed by atoms with Crippen molar-refractivity contribution in [2.24, 2.45) is 5.41 Å². The molecular weight excluding hydrogens is 322 g/mol. The standard InChI is InChI=1S/C23H25NO2/c25-20-14-7-8-15-23(20)16-9-17-24(22(23)26)21(18-10-3-1-4-11-18)19-12-5-2-6-13-19/h1-6,10-13,21H,7-9,14-17H2/t23-/m0/s1. The summed E-state index contributed by atoms with van der Waals surface area (Å²) in [5.74, 6) is 0.212. The van der Waals surface area contributed by atoms with Gasteiger partial charge in [0.15, 0.2) is 0 Å². The maximum atomic E-state index is 13.6. The van der Waals surface area contributed by atoms with Crippen LogP contribution >= 0.6 is 0 Å². The van der Waals surface area contributed by atoms with E-state index in [-0.39, 0.29) is 17.7 Å². The Bertz CT molecular complexity index is 743. The molecule has 1 aliphatic carbocycles. The van der Waals surface area contributed by atoms with E-state index in [1.165, 1.54) is 0 Å². The summed E-state index contributed by atoms with van der Waals surface area (Å²) in [7, 11) is 0. The van der Waals surface area contributed by atoms with Crippen LogP contribution in [0.15, 0.2) is 60.7 Å². The third-order valence-corrected chi connectivity index (χ3v) is 6.01. The second kappa shape index (κ2) is 7.06. The Labute approximate surface area is 155 Å². The van der Waals surface area contributed by atoms with E-state index in [0.717, 1.165) is 43.2 Å². The van der Waals surface area contributed by atoms with Crippen LogP contribution in [0, 0.1) is 5.41 Å². The van der Waals surface area contributed by atoms with Crippen molar-refractivity contribution in [3.63, 3.8) is 0 Å². The Morgan fingerprint density at radius 3 is 1.92 bits per heavy atom. The number of Topliss-reactive ketones (excluding diaryl/α,β-unsaturated/α-hetero) is 1. The zero-order valence-electron chi connectivity index (χ0n) is 15.1. The smallest absolute Gasteiger partial charge is 0.237 e. The molecule has 2 aliphatic rings. The zero-order valence-corrected chi connectivity index (χ0v) is 15.1. The van der Waals surface area contributed by atoms with E-state index < -0.39 is 5.41 Å². The lowest BCUT2D eigenvalue weighted by Crippen LogP contribution is -2.54. The van der Waals surface area contributed by atoms with Crippen molar-refractivity contribution in [1.82, 2.24) is 4.90 Å². The molecule has 1 heterocycles. The minimum Gasteiger partial charge on any atom is -0.331 e. The highest BCUT2D eigenvalue weighted by Crippen LogP contribution is 2.45. The van der Waals surface area contributed by atoms with Gasteiger partial charge in [0.2, 0.25) is 5.91 Å². The molecule has 0 N–H and O–H groups in total. The van der Waals surface area contributed by atoms with Crippen LogP contribution in [0.1, 0.15) is 55.7 Å². The Balaban J connectivity index is 1.76. The van der Waals surface area contributed by atoms with Crippen molar-refractivity contribution < 1.29 is 9.59 Å². The van der Waals surface area contributed by atoms with Crippen molar-refractivity contribution in [3.8, 4) is 0 Å². The molecule has 134 valence electrons. The first kappa shape index (κ1) is 17.0. The van der Waals surface area contributed by atoms with Crippen LogP contribution in [0.3, 0.4) is 0 Å². The molecule has 1 saturated carbocycles. The molecule has 1 amide bonds. The summed E-state index contributed by atoms with van der Waals surface area (Å²) < 4.78 is 0. The van der Waals surface area contributed by atoms with E-state index >= 15 is 0 Å². The maximum absolute atomic E-state index is 13.6. The molecule has 1 atom stereocenters. The summed E-state index contributed by atoms with van der Waals surface area (Å²) in [6, 6.07) is 20.2. The molecule has 0 bridgehead atoms. The van der Waals surface area contributed by atoms with E-state index in [4.69, 9.17) is 0 Å². The van der Waals surface area contributed by atoms with Gasteiger partial charge in [-0.05, 0) is 36.8 Å². The number of piperidine rings is 1. The highest BCUT2D eigenvalue weighted by Gasteiger charge is 2.51. The molecule has 1 saturated heterocycles. The van der Waals surface area contributed by atoms with Crippen molar-refractivity contribution in [3.05, 3.63) is 71.8 Å². The molecule has 0 unspecified atom stereocenters. The molecule has 3 heteroatoms. The lowest BCUT2D eigenvalue weighted by molar-refractivity contribution is -0.157. The summed E-state index contributed by atoms with van der Waals surface area (Å²) in [6.07, 6.45) is 4.80. The number of nitrogens with zero attached hydrogens (tertiary/aromatic N) is 1. The second-order valence-corrected chi connectivity index (χ2v) is 7.54. The number of hydrogen-bond donors (Lipinski definition) is 0. The number of amides is 1. The molecular formula is C23H25NO2. The van der Waals surface area contributed by atoms with Crippen molar-refractivity contribution in [2.75, 3.05) is 6.54 Å². The van der Waals surface area contributed by atoms with E-state index in [2.05, 4.69) is 24.3 Å². The lowest BCUT2D eigenvalue weighted by Gasteiger charge is -2.45. The van der Waals surface area contributed by atoms with Crippen molar-refractivity contribution in [2.45, 2.75) is 44.6 Å². The molecule has 2 aromatic rings. The van der Waals surface area contributed by atoms with Crippen LogP contribution < -0.4 is 0 Å². The van der Waals surface area contributed by atoms with Crippen LogP contribution in [0.25, 0.3) is 0 Å². The Hall–Kier alpha value is -2.42. The van der Waals surface area contributed by atoms with E-state index in [1.54, 1.807) is 0 Å². The van der Waals surface area contributed by atoms with Crippen LogP contribution in [0.5, 0.6) is 0 Å². The second-order valence-electron chi connectivity index (χ2n) is 7.54. The number of likely N-dealkylation sites (tertiary alicyclic amines) is 1. The van der Waals surface area contributed by atoms with Gasteiger partial charge in [0.25, 0.3) is 0 Å². The van der Waals surface area contributed by atoms with Crippen molar-refractivity contribution in [1.29, 1.82) is 0 Å². The lowest BCUT2D eigenvalue weighted by atomic mass is 9.67. The Morgan fingerprint density at radius 1 is 0.769 bits per heavy atom. The van der Waals surface area contributed by atoms with Gasteiger partial charge in [-0.2, -0.15) is 0 Å². The van der Waals surface area contributed by atoms with Crippen LogP contribution in [-0.2, 0) is 9.59 Å². The minimum absolute atomic E-state index is 0.0474. The molecule has 0 aromatic heterocycles.